The van der Waals surface area contributed by atoms with Crippen LogP contribution >= 0.6 is 0 Å². The Bertz CT molecular complexity index is 1050. The maximum Gasteiger partial charge on any atom is 0.252 e. The molecule has 2 atom stereocenters. The normalized spacial score (nSPS) is 18.8. The van der Waals surface area contributed by atoms with E-state index in [2.05, 4.69) is 12.0 Å². The molecule has 1 saturated heterocycles. The van der Waals surface area contributed by atoms with Crippen molar-refractivity contribution in [1.29, 1.82) is 0 Å². The quantitative estimate of drug-likeness (QED) is 0.556. The van der Waals surface area contributed by atoms with E-state index in [-0.39, 0.29) is 6.10 Å². The second-order valence-corrected chi connectivity index (χ2v) is 7.71. The molecule has 31 heavy (non-hydrogen) atoms. The minimum Gasteiger partial charge on any atom is -0.491 e. The summed E-state index contributed by atoms with van der Waals surface area (Å²) < 4.78 is 24.8. The van der Waals surface area contributed by atoms with Crippen LogP contribution in [0.25, 0.3) is 10.9 Å². The van der Waals surface area contributed by atoms with Gasteiger partial charge in [0.15, 0.2) is 0 Å². The average molecular weight is 425 g/mol. The maximum atomic E-state index is 11.9. The Labute approximate surface area is 180 Å². The SMILES string of the molecule is CC1COCCC1OCCOc1ccc(Oc2cc3c(cnn3C)cc2C(N)=O)cc1. The van der Waals surface area contributed by atoms with E-state index in [1.807, 2.05) is 19.2 Å². The fourth-order valence-electron chi connectivity index (χ4n) is 3.66. The molecule has 1 fully saturated rings. The maximum absolute atomic E-state index is 11.9. The highest BCUT2D eigenvalue weighted by Gasteiger charge is 2.22. The Morgan fingerprint density at radius 3 is 2.74 bits per heavy atom. The number of nitrogens with two attached hydrogens (primary N) is 1. The molecule has 8 heteroatoms. The number of hydrogen-bond donors (Lipinski definition) is 1. The van der Waals surface area contributed by atoms with Crippen LogP contribution in [0.2, 0.25) is 0 Å². The first-order chi connectivity index (χ1) is 15.0. The van der Waals surface area contributed by atoms with E-state index in [1.54, 1.807) is 35.1 Å². The van der Waals surface area contributed by atoms with Crippen LogP contribution in [0, 0.1) is 5.92 Å². The molecule has 0 radical (unpaired) electrons. The Balaban J connectivity index is 1.36. The topological polar surface area (TPSA) is 97.8 Å². The molecular formula is C23H27N3O5. The van der Waals surface area contributed by atoms with Crippen molar-refractivity contribution in [3.63, 3.8) is 0 Å². The van der Waals surface area contributed by atoms with Crippen molar-refractivity contribution in [3.05, 3.63) is 48.2 Å². The summed E-state index contributed by atoms with van der Waals surface area (Å²) in [6.45, 7) is 4.63. The fourth-order valence-corrected chi connectivity index (χ4v) is 3.66. The van der Waals surface area contributed by atoms with Crippen LogP contribution in [0.5, 0.6) is 17.2 Å². The lowest BCUT2D eigenvalue weighted by atomic mass is 10.0. The number of carbonyl (C=O) groups excluding carboxylic acids is 1. The third-order valence-electron chi connectivity index (χ3n) is 5.41. The van der Waals surface area contributed by atoms with Crippen LogP contribution in [-0.4, -0.2) is 48.2 Å². The first-order valence-corrected chi connectivity index (χ1v) is 10.4. The van der Waals surface area contributed by atoms with Crippen molar-refractivity contribution in [2.45, 2.75) is 19.4 Å². The summed E-state index contributed by atoms with van der Waals surface area (Å²) in [4.78, 5) is 11.9. The lowest BCUT2D eigenvalue weighted by Crippen LogP contribution is -2.33. The Hall–Kier alpha value is -3.10. The van der Waals surface area contributed by atoms with Gasteiger partial charge in [0.2, 0.25) is 0 Å². The number of fused-ring (bicyclic) bond motifs is 1. The monoisotopic (exact) mass is 425 g/mol. The van der Waals surface area contributed by atoms with E-state index in [1.165, 1.54) is 0 Å². The molecule has 1 amide bonds. The molecule has 1 aliphatic heterocycles. The number of carbonyl (C=O) groups is 1. The largest absolute Gasteiger partial charge is 0.491 e. The summed E-state index contributed by atoms with van der Waals surface area (Å²) in [6.07, 6.45) is 2.83. The van der Waals surface area contributed by atoms with E-state index in [0.29, 0.717) is 41.9 Å². The third-order valence-corrected chi connectivity index (χ3v) is 5.41. The highest BCUT2D eigenvalue weighted by molar-refractivity contribution is 6.00. The molecule has 164 valence electrons. The molecule has 2 aromatic carbocycles. The highest BCUT2D eigenvalue weighted by Crippen LogP contribution is 2.30. The second kappa shape index (κ2) is 9.36. The van der Waals surface area contributed by atoms with Gasteiger partial charge in [0, 0.05) is 31.0 Å². The number of aryl methyl sites for hydroxylation is 1. The molecular weight excluding hydrogens is 398 g/mol. The Morgan fingerprint density at radius 1 is 1.23 bits per heavy atom. The van der Waals surface area contributed by atoms with Gasteiger partial charge >= 0.3 is 0 Å². The molecule has 0 bridgehead atoms. The number of nitrogens with zero attached hydrogens (tertiary/aromatic N) is 2. The van der Waals surface area contributed by atoms with E-state index in [9.17, 15) is 4.79 Å². The summed E-state index contributed by atoms with van der Waals surface area (Å²) >= 11 is 0. The summed E-state index contributed by atoms with van der Waals surface area (Å²) in [7, 11) is 1.83. The minimum atomic E-state index is -0.556. The number of amides is 1. The molecule has 3 aromatic rings. The van der Waals surface area contributed by atoms with E-state index >= 15 is 0 Å². The predicted molar refractivity (Wildman–Crippen MR) is 116 cm³/mol. The van der Waals surface area contributed by atoms with Crippen molar-refractivity contribution in [2.75, 3.05) is 26.4 Å². The summed E-state index contributed by atoms with van der Waals surface area (Å²) in [6, 6.07) is 10.7. The van der Waals surface area contributed by atoms with Crippen LogP contribution in [0.3, 0.4) is 0 Å². The molecule has 0 aliphatic carbocycles. The highest BCUT2D eigenvalue weighted by atomic mass is 16.5. The van der Waals surface area contributed by atoms with Crippen molar-refractivity contribution in [1.82, 2.24) is 9.78 Å². The zero-order valence-electron chi connectivity index (χ0n) is 17.7. The molecule has 2 heterocycles. The summed E-state index contributed by atoms with van der Waals surface area (Å²) in [5, 5.41) is 5.03. The van der Waals surface area contributed by atoms with Gasteiger partial charge in [0.25, 0.3) is 5.91 Å². The van der Waals surface area contributed by atoms with Crippen LogP contribution in [0.1, 0.15) is 23.7 Å². The van der Waals surface area contributed by atoms with Gasteiger partial charge in [-0.1, -0.05) is 6.92 Å². The molecule has 2 N–H and O–H groups in total. The smallest absolute Gasteiger partial charge is 0.252 e. The fraction of sp³-hybridized carbons (Fsp3) is 0.391. The molecule has 0 spiro atoms. The van der Waals surface area contributed by atoms with Crippen molar-refractivity contribution in [2.24, 2.45) is 18.7 Å². The van der Waals surface area contributed by atoms with E-state index in [0.717, 1.165) is 30.5 Å². The third kappa shape index (κ3) is 4.98. The average Bonchev–Trinajstić information content (AvgIpc) is 3.13. The predicted octanol–water partition coefficient (Wildman–Crippen LogP) is 3.28. The number of ether oxygens (including phenoxy) is 4. The van der Waals surface area contributed by atoms with Crippen LogP contribution in [0.15, 0.2) is 42.6 Å². The molecule has 4 rings (SSSR count). The first-order valence-electron chi connectivity index (χ1n) is 10.4. The van der Waals surface area contributed by atoms with Crippen molar-refractivity contribution in [3.8, 4) is 17.2 Å². The number of primary amides is 1. The van der Waals surface area contributed by atoms with Gasteiger partial charge in [-0.15, -0.1) is 0 Å². The van der Waals surface area contributed by atoms with Gasteiger partial charge in [-0.25, -0.2) is 0 Å². The number of benzene rings is 2. The minimum absolute atomic E-state index is 0.226. The molecule has 8 nitrogen and oxygen atoms in total. The van der Waals surface area contributed by atoms with Crippen molar-refractivity contribution < 1.29 is 23.7 Å². The van der Waals surface area contributed by atoms with Gasteiger partial charge in [0.05, 0.1) is 36.6 Å². The van der Waals surface area contributed by atoms with Crippen molar-refractivity contribution >= 4 is 16.8 Å². The molecule has 2 unspecified atom stereocenters. The van der Waals surface area contributed by atoms with Gasteiger partial charge < -0.3 is 24.7 Å². The molecule has 1 aliphatic rings. The zero-order valence-corrected chi connectivity index (χ0v) is 17.7. The standard InChI is InChI=1S/C23H27N3O5/c1-15-14-28-8-7-21(15)30-10-9-29-17-3-5-18(6-4-17)31-22-12-20-16(13-25-26(20)2)11-19(22)23(24)27/h3-6,11-13,15,21H,7-10,14H2,1-2H3,(H2,24,27). The molecule has 0 saturated carbocycles. The van der Waals surface area contributed by atoms with Crippen LogP contribution in [-0.2, 0) is 16.5 Å². The Kier molecular flexibility index (Phi) is 6.39. The van der Waals surface area contributed by atoms with E-state index in [4.69, 9.17) is 24.7 Å². The number of aromatic nitrogens is 2. The molecule has 1 aromatic heterocycles. The van der Waals surface area contributed by atoms with Crippen LogP contribution < -0.4 is 15.2 Å². The summed E-state index contributed by atoms with van der Waals surface area (Å²) in [5.41, 5.74) is 6.69. The van der Waals surface area contributed by atoms with Gasteiger partial charge in [-0.2, -0.15) is 5.10 Å². The first kappa shape index (κ1) is 21.1. The summed E-state index contributed by atoms with van der Waals surface area (Å²) in [5.74, 6) is 1.52. The number of hydrogen-bond acceptors (Lipinski definition) is 6. The van der Waals surface area contributed by atoms with Gasteiger partial charge in [-0.05, 0) is 36.8 Å². The zero-order chi connectivity index (χ0) is 21.8. The van der Waals surface area contributed by atoms with E-state index < -0.39 is 5.91 Å². The lowest BCUT2D eigenvalue weighted by molar-refractivity contribution is -0.0731. The van der Waals surface area contributed by atoms with Gasteiger partial charge in [-0.3, -0.25) is 9.48 Å². The van der Waals surface area contributed by atoms with Crippen LogP contribution in [0.4, 0.5) is 0 Å². The second-order valence-electron chi connectivity index (χ2n) is 7.71. The lowest BCUT2D eigenvalue weighted by Gasteiger charge is -2.28. The number of rotatable bonds is 8. The van der Waals surface area contributed by atoms with Gasteiger partial charge in [0.1, 0.15) is 23.9 Å². The Morgan fingerprint density at radius 2 is 2.00 bits per heavy atom.